The molecule has 1 amide bonds. The summed E-state index contributed by atoms with van der Waals surface area (Å²) in [7, 11) is -1.25. The van der Waals surface area contributed by atoms with Crippen molar-refractivity contribution < 1.29 is 22.7 Å². The number of anilines is 2. The van der Waals surface area contributed by atoms with Crippen LogP contribution in [0.15, 0.2) is 70.5 Å². The molecule has 3 aromatic rings. The monoisotopic (exact) mass is 494 g/mol. The van der Waals surface area contributed by atoms with Crippen molar-refractivity contribution in [1.29, 1.82) is 0 Å². The molecule has 0 aromatic heterocycles. The number of sulfone groups is 1. The SMILES string of the molecule is COc1ccc(NCC(=O)Nc2cc(Cl)cc(Cl)c2)c(OC)c1S(=O)(=O)c1ccccc1. The van der Waals surface area contributed by atoms with Crippen LogP contribution in [0.5, 0.6) is 11.5 Å². The molecule has 0 unspecified atom stereocenters. The molecule has 3 rings (SSSR count). The molecule has 0 fully saturated rings. The molecule has 0 aliphatic carbocycles. The Morgan fingerprint density at radius 3 is 2.19 bits per heavy atom. The third-order valence-electron chi connectivity index (χ3n) is 4.41. The zero-order valence-electron chi connectivity index (χ0n) is 17.2. The second-order valence-corrected chi connectivity index (χ2v) is 9.31. The summed E-state index contributed by atoms with van der Waals surface area (Å²) in [5, 5.41) is 6.34. The fourth-order valence-corrected chi connectivity index (χ4v) is 5.16. The molecule has 7 nitrogen and oxygen atoms in total. The molecule has 0 spiro atoms. The molecule has 0 atom stereocenters. The first-order valence-corrected chi connectivity index (χ1v) is 11.5. The van der Waals surface area contributed by atoms with Gasteiger partial charge < -0.3 is 20.1 Å². The van der Waals surface area contributed by atoms with Crippen LogP contribution in [-0.4, -0.2) is 35.1 Å². The average Bonchev–Trinajstić information content (AvgIpc) is 2.76. The first kappa shape index (κ1) is 23.7. The quantitative estimate of drug-likeness (QED) is 0.462. The van der Waals surface area contributed by atoms with Crippen LogP contribution in [-0.2, 0) is 14.6 Å². The van der Waals surface area contributed by atoms with Crippen molar-refractivity contribution in [3.63, 3.8) is 0 Å². The third kappa shape index (κ3) is 5.27. The van der Waals surface area contributed by atoms with Crippen molar-refractivity contribution >= 4 is 50.3 Å². The van der Waals surface area contributed by atoms with Gasteiger partial charge in [0.25, 0.3) is 0 Å². The van der Waals surface area contributed by atoms with Gasteiger partial charge in [0, 0.05) is 15.7 Å². The summed E-state index contributed by atoms with van der Waals surface area (Å²) in [6.45, 7) is -0.169. The van der Waals surface area contributed by atoms with Gasteiger partial charge in [-0.3, -0.25) is 4.79 Å². The van der Waals surface area contributed by atoms with E-state index in [0.29, 0.717) is 21.4 Å². The van der Waals surface area contributed by atoms with E-state index in [2.05, 4.69) is 10.6 Å². The Labute approximate surface area is 196 Å². The maximum atomic E-state index is 13.3. The molecule has 32 heavy (non-hydrogen) atoms. The highest BCUT2D eigenvalue weighted by molar-refractivity contribution is 7.91. The van der Waals surface area contributed by atoms with E-state index in [9.17, 15) is 13.2 Å². The summed E-state index contributed by atoms with van der Waals surface area (Å²) in [5.41, 5.74) is 0.741. The third-order valence-corrected chi connectivity index (χ3v) is 6.66. The van der Waals surface area contributed by atoms with Gasteiger partial charge in [-0.2, -0.15) is 0 Å². The van der Waals surface area contributed by atoms with E-state index in [1.165, 1.54) is 32.4 Å². The highest BCUT2D eigenvalue weighted by atomic mass is 35.5. The van der Waals surface area contributed by atoms with Crippen LogP contribution in [0.2, 0.25) is 10.0 Å². The van der Waals surface area contributed by atoms with Gasteiger partial charge in [-0.15, -0.1) is 0 Å². The van der Waals surface area contributed by atoms with Crippen LogP contribution < -0.4 is 20.1 Å². The maximum Gasteiger partial charge on any atom is 0.243 e. The molecule has 0 aliphatic rings. The number of carbonyl (C=O) groups is 1. The van der Waals surface area contributed by atoms with Crippen molar-refractivity contribution in [3.8, 4) is 11.5 Å². The summed E-state index contributed by atoms with van der Waals surface area (Å²) >= 11 is 11.9. The lowest BCUT2D eigenvalue weighted by atomic mass is 10.2. The summed E-state index contributed by atoms with van der Waals surface area (Å²) in [5.74, 6) is -0.241. The Balaban J connectivity index is 1.89. The van der Waals surface area contributed by atoms with Crippen LogP contribution in [0.25, 0.3) is 0 Å². The van der Waals surface area contributed by atoms with Gasteiger partial charge in [-0.1, -0.05) is 41.4 Å². The summed E-state index contributed by atoms with van der Waals surface area (Å²) in [6.07, 6.45) is 0. The maximum absolute atomic E-state index is 13.3. The molecule has 0 saturated carbocycles. The topological polar surface area (TPSA) is 93.7 Å². The minimum Gasteiger partial charge on any atom is -0.495 e. The molecule has 3 aromatic carbocycles. The Morgan fingerprint density at radius 1 is 0.938 bits per heavy atom. The molecule has 0 saturated heterocycles. The number of carbonyl (C=O) groups excluding carboxylic acids is 1. The van der Waals surface area contributed by atoms with E-state index >= 15 is 0 Å². The van der Waals surface area contributed by atoms with Crippen LogP contribution in [0.4, 0.5) is 11.4 Å². The molecule has 168 valence electrons. The van der Waals surface area contributed by atoms with Crippen LogP contribution in [0.1, 0.15) is 0 Å². The number of amides is 1. The molecular formula is C22H20Cl2N2O5S. The Kier molecular flexibility index (Phi) is 7.50. The van der Waals surface area contributed by atoms with E-state index in [4.69, 9.17) is 32.7 Å². The molecule has 10 heteroatoms. The highest BCUT2D eigenvalue weighted by Gasteiger charge is 2.29. The van der Waals surface area contributed by atoms with Gasteiger partial charge in [0.05, 0.1) is 31.3 Å². The fraction of sp³-hybridized carbons (Fsp3) is 0.136. The summed E-state index contributed by atoms with van der Waals surface area (Å²) in [6, 6.07) is 15.7. The molecule has 0 radical (unpaired) electrons. The van der Waals surface area contributed by atoms with Crippen molar-refractivity contribution in [2.24, 2.45) is 0 Å². The van der Waals surface area contributed by atoms with Crippen molar-refractivity contribution in [2.45, 2.75) is 9.79 Å². The van der Waals surface area contributed by atoms with Crippen molar-refractivity contribution in [1.82, 2.24) is 0 Å². The minimum atomic E-state index is -3.96. The number of hydrogen-bond acceptors (Lipinski definition) is 6. The highest BCUT2D eigenvalue weighted by Crippen LogP contribution is 2.42. The van der Waals surface area contributed by atoms with Gasteiger partial charge in [-0.25, -0.2) is 8.42 Å². The first-order valence-electron chi connectivity index (χ1n) is 9.31. The lowest BCUT2D eigenvalue weighted by Gasteiger charge is -2.18. The summed E-state index contributed by atoms with van der Waals surface area (Å²) < 4.78 is 37.3. The van der Waals surface area contributed by atoms with Crippen LogP contribution in [0.3, 0.4) is 0 Å². The molecule has 0 heterocycles. The van der Waals surface area contributed by atoms with Gasteiger partial charge in [0.1, 0.15) is 5.75 Å². The summed E-state index contributed by atoms with van der Waals surface area (Å²) in [4.78, 5) is 12.3. The minimum absolute atomic E-state index is 0.0341. The van der Waals surface area contributed by atoms with Crippen LogP contribution >= 0.6 is 23.2 Å². The number of methoxy groups -OCH3 is 2. The Hall–Kier alpha value is -2.94. The van der Waals surface area contributed by atoms with Gasteiger partial charge >= 0.3 is 0 Å². The second-order valence-electron chi connectivity index (χ2n) is 6.55. The van der Waals surface area contributed by atoms with Crippen molar-refractivity contribution in [2.75, 3.05) is 31.4 Å². The Morgan fingerprint density at radius 2 is 1.59 bits per heavy atom. The van der Waals surface area contributed by atoms with E-state index in [1.807, 2.05) is 0 Å². The Bertz CT molecular complexity index is 1210. The molecular weight excluding hydrogens is 475 g/mol. The molecule has 0 bridgehead atoms. The van der Waals surface area contributed by atoms with Gasteiger partial charge in [0.2, 0.25) is 15.7 Å². The molecule has 0 aliphatic heterocycles. The van der Waals surface area contributed by atoms with Gasteiger partial charge in [0.15, 0.2) is 10.6 Å². The molecule has 2 N–H and O–H groups in total. The predicted octanol–water partition coefficient (Wildman–Crippen LogP) is 4.89. The zero-order chi connectivity index (χ0) is 23.3. The standard InChI is InChI=1S/C22H20Cl2N2O5S/c1-30-19-9-8-18(25-13-20(27)26-16-11-14(23)10-15(24)12-16)21(31-2)22(19)32(28,29)17-6-4-3-5-7-17/h3-12,25H,13H2,1-2H3,(H,26,27). The van der Waals surface area contributed by atoms with Crippen LogP contribution in [0, 0.1) is 0 Å². The smallest absolute Gasteiger partial charge is 0.243 e. The number of nitrogens with one attached hydrogen (secondary N) is 2. The van der Waals surface area contributed by atoms with E-state index in [1.54, 1.807) is 42.5 Å². The lowest BCUT2D eigenvalue weighted by Crippen LogP contribution is -2.22. The van der Waals surface area contributed by atoms with Gasteiger partial charge in [-0.05, 0) is 42.5 Å². The normalized spacial score (nSPS) is 11.0. The van der Waals surface area contributed by atoms with Crippen molar-refractivity contribution in [3.05, 3.63) is 70.7 Å². The fourth-order valence-electron chi connectivity index (χ4n) is 3.03. The number of hydrogen-bond donors (Lipinski definition) is 2. The van der Waals surface area contributed by atoms with E-state index in [-0.39, 0.29) is 27.8 Å². The first-order chi connectivity index (χ1) is 15.3. The van der Waals surface area contributed by atoms with E-state index < -0.39 is 15.7 Å². The lowest BCUT2D eigenvalue weighted by molar-refractivity contribution is -0.114. The zero-order valence-corrected chi connectivity index (χ0v) is 19.5. The largest absolute Gasteiger partial charge is 0.495 e. The predicted molar refractivity (Wildman–Crippen MR) is 125 cm³/mol. The van der Waals surface area contributed by atoms with E-state index in [0.717, 1.165) is 0 Å². The number of benzene rings is 3. The average molecular weight is 495 g/mol. The number of rotatable bonds is 8. The second kappa shape index (κ2) is 10.1. The number of ether oxygens (including phenoxy) is 2. The number of halogens is 2.